The number of hydrogen-bond donors (Lipinski definition) is 0. The number of benzene rings is 1. The lowest BCUT2D eigenvalue weighted by Crippen LogP contribution is -2.04. The first-order valence-corrected chi connectivity index (χ1v) is 6.42. The minimum atomic E-state index is 0.129. The molecule has 18 heavy (non-hydrogen) atoms. The van der Waals surface area contributed by atoms with Crippen molar-refractivity contribution in [2.45, 2.75) is 33.1 Å². The zero-order valence-corrected chi connectivity index (χ0v) is 10.9. The Morgan fingerprint density at radius 1 is 1.00 bits per heavy atom. The number of carbonyl (C=O) groups is 1. The summed E-state index contributed by atoms with van der Waals surface area (Å²) >= 11 is 0. The van der Waals surface area contributed by atoms with E-state index in [0.717, 1.165) is 29.7 Å². The Hall–Kier alpha value is -1.83. The van der Waals surface area contributed by atoms with E-state index in [2.05, 4.69) is 19.1 Å². The number of aryl methyl sites for hydroxylation is 2. The molecule has 2 aromatic rings. The van der Waals surface area contributed by atoms with Crippen LogP contribution in [-0.4, -0.2) is 5.78 Å². The van der Waals surface area contributed by atoms with Gasteiger partial charge in [0.1, 0.15) is 5.76 Å². The number of rotatable bonds is 5. The fraction of sp³-hybridized carbons (Fsp3) is 0.312. The van der Waals surface area contributed by atoms with E-state index in [0.29, 0.717) is 6.42 Å². The molecular formula is C16H18O2. The Kier molecular flexibility index (Phi) is 3.98. The van der Waals surface area contributed by atoms with E-state index in [1.54, 1.807) is 12.3 Å². The van der Waals surface area contributed by atoms with E-state index in [-0.39, 0.29) is 5.78 Å². The zero-order chi connectivity index (χ0) is 13.0. The molecule has 0 spiro atoms. The molecular weight excluding hydrogens is 224 g/mol. The molecule has 0 saturated heterocycles. The van der Waals surface area contributed by atoms with Crippen molar-refractivity contribution < 1.29 is 9.21 Å². The standard InChI is InChI=1S/C16H18O2/c1-3-12-5-7-13(8-6-12)11-15(17)14-9-10-18-16(14)4-2/h5-10H,3-4,11H2,1-2H3. The zero-order valence-electron chi connectivity index (χ0n) is 10.9. The predicted molar refractivity (Wildman–Crippen MR) is 71.9 cm³/mol. The number of ketones is 1. The summed E-state index contributed by atoms with van der Waals surface area (Å²) < 4.78 is 5.29. The molecule has 1 aromatic carbocycles. The predicted octanol–water partition coefficient (Wildman–Crippen LogP) is 3.83. The third-order valence-corrected chi connectivity index (χ3v) is 3.16. The van der Waals surface area contributed by atoms with Crippen molar-refractivity contribution in [3.8, 4) is 0 Å². The van der Waals surface area contributed by atoms with Crippen LogP contribution in [0.2, 0.25) is 0 Å². The van der Waals surface area contributed by atoms with Gasteiger partial charge in [0.2, 0.25) is 0 Å². The minimum Gasteiger partial charge on any atom is -0.469 e. The lowest BCUT2D eigenvalue weighted by molar-refractivity contribution is 0.0991. The van der Waals surface area contributed by atoms with Crippen LogP contribution >= 0.6 is 0 Å². The van der Waals surface area contributed by atoms with Crippen molar-refractivity contribution in [3.05, 3.63) is 59.0 Å². The molecule has 0 radical (unpaired) electrons. The molecule has 0 bridgehead atoms. The average molecular weight is 242 g/mol. The highest BCUT2D eigenvalue weighted by atomic mass is 16.3. The summed E-state index contributed by atoms with van der Waals surface area (Å²) in [6, 6.07) is 9.99. The molecule has 0 amide bonds. The Morgan fingerprint density at radius 3 is 2.28 bits per heavy atom. The topological polar surface area (TPSA) is 30.2 Å². The SMILES string of the molecule is CCc1ccc(CC(=O)c2ccoc2CC)cc1. The van der Waals surface area contributed by atoms with E-state index >= 15 is 0 Å². The van der Waals surface area contributed by atoms with Gasteiger partial charge in [-0.25, -0.2) is 0 Å². The van der Waals surface area contributed by atoms with Gasteiger partial charge in [-0.1, -0.05) is 38.1 Å². The third kappa shape index (κ3) is 2.70. The summed E-state index contributed by atoms with van der Waals surface area (Å²) in [5.41, 5.74) is 3.07. The number of carbonyl (C=O) groups excluding carboxylic acids is 1. The molecule has 1 aromatic heterocycles. The Bertz CT molecular complexity index is 520. The first-order chi connectivity index (χ1) is 8.74. The fourth-order valence-electron chi connectivity index (χ4n) is 2.04. The maximum atomic E-state index is 12.1. The minimum absolute atomic E-state index is 0.129. The molecule has 0 saturated carbocycles. The molecule has 0 aliphatic carbocycles. The van der Waals surface area contributed by atoms with Crippen molar-refractivity contribution in [1.29, 1.82) is 0 Å². The van der Waals surface area contributed by atoms with Gasteiger partial charge in [0.25, 0.3) is 0 Å². The maximum absolute atomic E-state index is 12.1. The first-order valence-electron chi connectivity index (χ1n) is 6.42. The fourth-order valence-corrected chi connectivity index (χ4v) is 2.04. The van der Waals surface area contributed by atoms with Crippen LogP contribution in [0, 0.1) is 0 Å². The molecule has 0 N–H and O–H groups in total. The first kappa shape index (κ1) is 12.6. The van der Waals surface area contributed by atoms with Crippen LogP contribution in [0.25, 0.3) is 0 Å². The van der Waals surface area contributed by atoms with Gasteiger partial charge in [0.05, 0.1) is 11.8 Å². The quantitative estimate of drug-likeness (QED) is 0.746. The van der Waals surface area contributed by atoms with Crippen molar-refractivity contribution >= 4 is 5.78 Å². The molecule has 1 heterocycles. The maximum Gasteiger partial charge on any atom is 0.170 e. The molecule has 2 rings (SSSR count). The van der Waals surface area contributed by atoms with Crippen molar-refractivity contribution in [2.24, 2.45) is 0 Å². The van der Waals surface area contributed by atoms with E-state index in [1.807, 2.05) is 19.1 Å². The van der Waals surface area contributed by atoms with Gasteiger partial charge in [-0.05, 0) is 23.6 Å². The molecule has 94 valence electrons. The van der Waals surface area contributed by atoms with Gasteiger partial charge < -0.3 is 4.42 Å². The second kappa shape index (κ2) is 5.67. The monoisotopic (exact) mass is 242 g/mol. The summed E-state index contributed by atoms with van der Waals surface area (Å²) in [7, 11) is 0. The highest BCUT2D eigenvalue weighted by Gasteiger charge is 2.13. The van der Waals surface area contributed by atoms with Gasteiger partial charge in [-0.2, -0.15) is 0 Å². The van der Waals surface area contributed by atoms with Crippen LogP contribution in [0.5, 0.6) is 0 Å². The van der Waals surface area contributed by atoms with E-state index in [9.17, 15) is 4.79 Å². The van der Waals surface area contributed by atoms with Crippen LogP contribution in [0.1, 0.15) is 41.1 Å². The van der Waals surface area contributed by atoms with E-state index in [1.165, 1.54) is 5.56 Å². The van der Waals surface area contributed by atoms with Crippen LogP contribution in [0.15, 0.2) is 41.0 Å². The molecule has 0 fully saturated rings. The molecule has 0 aliphatic rings. The van der Waals surface area contributed by atoms with Crippen LogP contribution < -0.4 is 0 Å². The van der Waals surface area contributed by atoms with Crippen LogP contribution in [-0.2, 0) is 19.3 Å². The van der Waals surface area contributed by atoms with Gasteiger partial charge in [0, 0.05) is 12.8 Å². The van der Waals surface area contributed by atoms with Crippen molar-refractivity contribution in [1.82, 2.24) is 0 Å². The molecule has 0 atom stereocenters. The summed E-state index contributed by atoms with van der Waals surface area (Å²) in [5, 5.41) is 0. The largest absolute Gasteiger partial charge is 0.469 e. The van der Waals surface area contributed by atoms with Crippen LogP contribution in [0.4, 0.5) is 0 Å². The number of hydrogen-bond acceptors (Lipinski definition) is 2. The number of furan rings is 1. The smallest absolute Gasteiger partial charge is 0.170 e. The van der Waals surface area contributed by atoms with Crippen molar-refractivity contribution in [3.63, 3.8) is 0 Å². The van der Waals surface area contributed by atoms with Gasteiger partial charge in [-0.15, -0.1) is 0 Å². The normalized spacial score (nSPS) is 10.6. The summed E-state index contributed by atoms with van der Waals surface area (Å²) in [5.74, 6) is 0.912. The second-order valence-electron chi connectivity index (χ2n) is 4.38. The highest BCUT2D eigenvalue weighted by molar-refractivity contribution is 5.98. The van der Waals surface area contributed by atoms with Gasteiger partial charge >= 0.3 is 0 Å². The Balaban J connectivity index is 2.11. The molecule has 2 nitrogen and oxygen atoms in total. The lowest BCUT2D eigenvalue weighted by Gasteiger charge is -2.02. The second-order valence-corrected chi connectivity index (χ2v) is 4.38. The molecule has 2 heteroatoms. The highest BCUT2D eigenvalue weighted by Crippen LogP contribution is 2.15. The average Bonchev–Trinajstić information content (AvgIpc) is 2.88. The van der Waals surface area contributed by atoms with Gasteiger partial charge in [-0.3, -0.25) is 4.79 Å². The summed E-state index contributed by atoms with van der Waals surface area (Å²) in [6.45, 7) is 4.12. The summed E-state index contributed by atoms with van der Waals surface area (Å²) in [4.78, 5) is 12.1. The van der Waals surface area contributed by atoms with Gasteiger partial charge in [0.15, 0.2) is 5.78 Å². The number of Topliss-reactive ketones (excluding diaryl/α,β-unsaturated/α-hetero) is 1. The molecule has 0 aliphatic heterocycles. The lowest BCUT2D eigenvalue weighted by atomic mass is 10.0. The summed E-state index contributed by atoms with van der Waals surface area (Å²) in [6.07, 6.45) is 3.81. The van der Waals surface area contributed by atoms with Crippen molar-refractivity contribution in [2.75, 3.05) is 0 Å². The van der Waals surface area contributed by atoms with E-state index < -0.39 is 0 Å². The molecule has 0 unspecified atom stereocenters. The Morgan fingerprint density at radius 2 is 1.67 bits per heavy atom. The third-order valence-electron chi connectivity index (χ3n) is 3.16. The van der Waals surface area contributed by atoms with E-state index in [4.69, 9.17) is 4.42 Å². The Labute approximate surface area is 108 Å². The van der Waals surface area contributed by atoms with Crippen LogP contribution in [0.3, 0.4) is 0 Å².